The van der Waals surface area contributed by atoms with Crippen LogP contribution in [0.25, 0.3) is 0 Å². The summed E-state index contributed by atoms with van der Waals surface area (Å²) in [4.78, 5) is 16.2. The van der Waals surface area contributed by atoms with Crippen LogP contribution in [0.15, 0.2) is 42.6 Å². The van der Waals surface area contributed by atoms with Crippen LogP contribution in [0.1, 0.15) is 36.3 Å². The minimum Gasteiger partial charge on any atom is -0.384 e. The molecule has 0 atom stereocenters. The number of nitrogens with zero attached hydrogens (tertiary/aromatic N) is 1. The molecular weight excluding hydrogens is 331 g/mol. The molecule has 7 heteroatoms. The summed E-state index contributed by atoms with van der Waals surface area (Å²) in [6.45, 7) is 5.02. The zero-order valence-corrected chi connectivity index (χ0v) is 14.0. The molecule has 0 spiro atoms. The normalized spacial score (nSPS) is 11.4. The summed E-state index contributed by atoms with van der Waals surface area (Å²) in [5, 5.41) is 5.45. The summed E-state index contributed by atoms with van der Waals surface area (Å²) in [7, 11) is 0. The van der Waals surface area contributed by atoms with Crippen molar-refractivity contribution in [3.63, 3.8) is 0 Å². The molecule has 134 valence electrons. The Morgan fingerprint density at radius 2 is 1.88 bits per heavy atom. The lowest BCUT2D eigenvalue weighted by atomic mass is 10.1. The Bertz CT molecular complexity index is 712. The molecule has 0 unspecified atom stereocenters. The number of halogens is 3. The zero-order chi connectivity index (χ0) is 18.4. The lowest BCUT2D eigenvalue weighted by Crippen LogP contribution is -2.17. The van der Waals surface area contributed by atoms with Gasteiger partial charge in [0.05, 0.1) is 23.1 Å². The van der Waals surface area contributed by atoms with Gasteiger partial charge in [-0.15, -0.1) is 0 Å². The smallest absolute Gasteiger partial charge is 0.384 e. The van der Waals surface area contributed by atoms with Crippen LogP contribution in [-0.4, -0.2) is 17.4 Å². The molecule has 0 radical (unpaired) electrons. The molecule has 0 aliphatic heterocycles. The third-order valence-corrected chi connectivity index (χ3v) is 3.53. The van der Waals surface area contributed by atoms with Crippen LogP contribution in [-0.2, 0) is 6.18 Å². The second-order valence-electron chi connectivity index (χ2n) is 6.04. The van der Waals surface area contributed by atoms with Gasteiger partial charge >= 0.3 is 6.18 Å². The molecule has 2 N–H and O–H groups in total. The topological polar surface area (TPSA) is 54.0 Å². The van der Waals surface area contributed by atoms with E-state index < -0.39 is 17.6 Å². The second-order valence-corrected chi connectivity index (χ2v) is 6.04. The Kier molecular flexibility index (Phi) is 6.01. The maximum Gasteiger partial charge on any atom is 0.418 e. The fraction of sp³-hybridized carbons (Fsp3) is 0.333. The first-order valence-corrected chi connectivity index (χ1v) is 7.95. The molecule has 0 saturated carbocycles. The van der Waals surface area contributed by atoms with Gasteiger partial charge in [-0.25, -0.2) is 4.98 Å². The first-order chi connectivity index (χ1) is 11.8. The summed E-state index contributed by atoms with van der Waals surface area (Å²) in [5.74, 6) is -0.121. The molecule has 0 bridgehead atoms. The van der Waals surface area contributed by atoms with Gasteiger partial charge in [0.25, 0.3) is 5.91 Å². The molecule has 0 aliphatic carbocycles. The van der Waals surface area contributed by atoms with Crippen molar-refractivity contribution in [3.8, 4) is 0 Å². The molecule has 2 aromatic rings. The highest BCUT2D eigenvalue weighted by Crippen LogP contribution is 2.34. The van der Waals surface area contributed by atoms with Gasteiger partial charge in [0, 0.05) is 6.54 Å². The van der Waals surface area contributed by atoms with E-state index in [-0.39, 0.29) is 11.4 Å². The van der Waals surface area contributed by atoms with E-state index in [2.05, 4.69) is 29.5 Å². The molecule has 0 fully saturated rings. The summed E-state index contributed by atoms with van der Waals surface area (Å²) in [6.07, 6.45) is -2.05. The van der Waals surface area contributed by atoms with Gasteiger partial charge in [-0.05, 0) is 36.6 Å². The molecule has 0 saturated heterocycles. The number of nitrogens with one attached hydrogen (secondary N) is 2. The number of hydrogen-bond acceptors (Lipinski definition) is 3. The quantitative estimate of drug-likeness (QED) is 0.785. The first-order valence-electron chi connectivity index (χ1n) is 7.95. The monoisotopic (exact) mass is 351 g/mol. The molecule has 25 heavy (non-hydrogen) atoms. The minimum absolute atomic E-state index is 0.0476. The van der Waals surface area contributed by atoms with Crippen molar-refractivity contribution < 1.29 is 18.0 Å². The minimum atomic E-state index is -4.54. The van der Waals surface area contributed by atoms with E-state index in [0.29, 0.717) is 5.92 Å². The standard InChI is InChI=1S/C18H20F3N3O/c1-12(2)9-10-22-13-7-8-16(23-11-13)17(25)24-15-6-4-3-5-14(15)18(19,20)21/h3-8,11-12,22H,9-10H2,1-2H3,(H,24,25). The Balaban J connectivity index is 2.05. The fourth-order valence-corrected chi connectivity index (χ4v) is 2.16. The maximum absolute atomic E-state index is 13.0. The molecular formula is C18H20F3N3O. The average molecular weight is 351 g/mol. The number of hydrogen-bond donors (Lipinski definition) is 2. The van der Waals surface area contributed by atoms with Gasteiger partial charge in [-0.2, -0.15) is 13.2 Å². The largest absolute Gasteiger partial charge is 0.418 e. The summed E-state index contributed by atoms with van der Waals surface area (Å²) < 4.78 is 38.9. The lowest BCUT2D eigenvalue weighted by Gasteiger charge is -2.13. The van der Waals surface area contributed by atoms with Gasteiger partial charge in [0.2, 0.25) is 0 Å². The number of benzene rings is 1. The van der Waals surface area contributed by atoms with Crippen molar-refractivity contribution in [3.05, 3.63) is 53.9 Å². The number of carbonyl (C=O) groups excluding carboxylic acids is 1. The number of para-hydroxylation sites is 1. The van der Waals surface area contributed by atoms with Crippen molar-refractivity contribution in [2.24, 2.45) is 5.92 Å². The van der Waals surface area contributed by atoms with Crippen LogP contribution in [0.3, 0.4) is 0 Å². The fourth-order valence-electron chi connectivity index (χ4n) is 2.16. The van der Waals surface area contributed by atoms with E-state index in [1.54, 1.807) is 6.07 Å². The van der Waals surface area contributed by atoms with E-state index in [1.165, 1.54) is 30.5 Å². The molecule has 1 aromatic heterocycles. The van der Waals surface area contributed by atoms with E-state index in [4.69, 9.17) is 0 Å². The summed E-state index contributed by atoms with van der Waals surface area (Å²) in [5.41, 5.74) is -0.379. The van der Waals surface area contributed by atoms with Gasteiger partial charge < -0.3 is 10.6 Å². The predicted molar refractivity (Wildman–Crippen MR) is 91.6 cm³/mol. The first kappa shape index (κ1) is 18.8. The third kappa shape index (κ3) is 5.48. The molecule has 1 heterocycles. The van der Waals surface area contributed by atoms with E-state index in [0.717, 1.165) is 24.7 Å². The van der Waals surface area contributed by atoms with Crippen LogP contribution < -0.4 is 10.6 Å². The van der Waals surface area contributed by atoms with Gasteiger partial charge in [-0.3, -0.25) is 4.79 Å². The Morgan fingerprint density at radius 1 is 1.16 bits per heavy atom. The molecule has 4 nitrogen and oxygen atoms in total. The maximum atomic E-state index is 13.0. The van der Waals surface area contributed by atoms with Crippen molar-refractivity contribution in [2.75, 3.05) is 17.2 Å². The van der Waals surface area contributed by atoms with Crippen LogP contribution in [0.2, 0.25) is 0 Å². The Morgan fingerprint density at radius 3 is 2.48 bits per heavy atom. The zero-order valence-electron chi connectivity index (χ0n) is 14.0. The number of carbonyl (C=O) groups is 1. The molecule has 0 aliphatic rings. The average Bonchev–Trinajstić information content (AvgIpc) is 2.54. The number of alkyl halides is 3. The van der Waals surface area contributed by atoms with Crippen molar-refractivity contribution >= 4 is 17.3 Å². The number of anilines is 2. The van der Waals surface area contributed by atoms with Crippen LogP contribution in [0.5, 0.6) is 0 Å². The SMILES string of the molecule is CC(C)CCNc1ccc(C(=O)Nc2ccccc2C(F)(F)F)nc1. The Labute approximate surface area is 144 Å². The number of pyridine rings is 1. The number of amides is 1. The Hall–Kier alpha value is -2.57. The third-order valence-electron chi connectivity index (χ3n) is 3.53. The van der Waals surface area contributed by atoms with Gasteiger partial charge in [0.1, 0.15) is 5.69 Å². The van der Waals surface area contributed by atoms with Gasteiger partial charge in [0.15, 0.2) is 0 Å². The van der Waals surface area contributed by atoms with E-state index in [9.17, 15) is 18.0 Å². The summed E-state index contributed by atoms with van der Waals surface area (Å²) in [6, 6.07) is 7.99. The van der Waals surface area contributed by atoms with Crippen molar-refractivity contribution in [2.45, 2.75) is 26.4 Å². The highest BCUT2D eigenvalue weighted by molar-refractivity contribution is 6.03. The van der Waals surface area contributed by atoms with Crippen LogP contribution >= 0.6 is 0 Å². The van der Waals surface area contributed by atoms with E-state index in [1.807, 2.05) is 0 Å². The number of aromatic nitrogens is 1. The highest BCUT2D eigenvalue weighted by atomic mass is 19.4. The lowest BCUT2D eigenvalue weighted by molar-refractivity contribution is -0.136. The second kappa shape index (κ2) is 8.00. The highest BCUT2D eigenvalue weighted by Gasteiger charge is 2.33. The summed E-state index contributed by atoms with van der Waals surface area (Å²) >= 11 is 0. The predicted octanol–water partition coefficient (Wildman–Crippen LogP) is 4.81. The van der Waals surface area contributed by atoms with Crippen molar-refractivity contribution in [1.29, 1.82) is 0 Å². The molecule has 2 rings (SSSR count). The van der Waals surface area contributed by atoms with Gasteiger partial charge in [-0.1, -0.05) is 26.0 Å². The van der Waals surface area contributed by atoms with E-state index >= 15 is 0 Å². The molecule has 1 aromatic carbocycles. The van der Waals surface area contributed by atoms with Crippen molar-refractivity contribution in [1.82, 2.24) is 4.98 Å². The number of rotatable bonds is 6. The molecule has 1 amide bonds. The van der Waals surface area contributed by atoms with Crippen LogP contribution in [0, 0.1) is 5.92 Å². The van der Waals surface area contributed by atoms with Crippen LogP contribution in [0.4, 0.5) is 24.5 Å².